The summed E-state index contributed by atoms with van der Waals surface area (Å²) < 4.78 is 13.7. The molecule has 0 aliphatic carbocycles. The van der Waals surface area contributed by atoms with Crippen LogP contribution in [-0.4, -0.2) is 60.0 Å². The second-order valence-electron chi connectivity index (χ2n) is 6.93. The first-order valence-electron chi connectivity index (χ1n) is 9.34. The molecule has 2 atom stereocenters. The molecular weight excluding hydrogens is 469 g/mol. The van der Waals surface area contributed by atoms with Gasteiger partial charge in [-0.1, -0.05) is 12.1 Å². The molecule has 1 fully saturated rings. The molecular formula is C20H30IN5O2. The summed E-state index contributed by atoms with van der Waals surface area (Å²) in [5.41, 5.74) is 2.28. The molecule has 2 heterocycles. The molecule has 0 spiro atoms. The van der Waals surface area contributed by atoms with Crippen LogP contribution in [0.3, 0.4) is 0 Å². The molecule has 154 valence electrons. The number of hydrogen-bond acceptors (Lipinski definition) is 4. The Bertz CT molecular complexity index is 779. The minimum absolute atomic E-state index is 0. The predicted octanol–water partition coefficient (Wildman–Crippen LogP) is 2.76. The summed E-state index contributed by atoms with van der Waals surface area (Å²) in [6.07, 6.45) is 3.90. The molecule has 0 amide bonds. The van der Waals surface area contributed by atoms with Gasteiger partial charge in [-0.05, 0) is 31.5 Å². The number of nitrogens with zero attached hydrogens (tertiary/aromatic N) is 4. The molecule has 1 N–H and O–H groups in total. The average molecular weight is 499 g/mol. The second kappa shape index (κ2) is 10.7. The quantitative estimate of drug-likeness (QED) is 0.390. The Kier molecular flexibility index (Phi) is 8.56. The molecule has 0 radical (unpaired) electrons. The van der Waals surface area contributed by atoms with E-state index in [0.717, 1.165) is 30.4 Å². The normalized spacial score (nSPS) is 18.4. The molecule has 2 unspecified atom stereocenters. The first-order valence-corrected chi connectivity index (χ1v) is 9.34. The molecule has 1 aliphatic heterocycles. The third-order valence-electron chi connectivity index (χ3n) is 4.55. The van der Waals surface area contributed by atoms with Gasteiger partial charge in [-0.3, -0.25) is 9.67 Å². The first-order chi connectivity index (χ1) is 13.0. The van der Waals surface area contributed by atoms with Crippen LogP contribution >= 0.6 is 24.0 Å². The summed E-state index contributed by atoms with van der Waals surface area (Å²) >= 11 is 0. The van der Waals surface area contributed by atoms with E-state index in [1.807, 2.05) is 44.7 Å². The van der Waals surface area contributed by atoms with Gasteiger partial charge < -0.3 is 19.7 Å². The van der Waals surface area contributed by atoms with Gasteiger partial charge in [0, 0.05) is 32.4 Å². The molecule has 0 bridgehead atoms. The summed E-state index contributed by atoms with van der Waals surface area (Å²) in [5, 5.41) is 7.67. The number of ether oxygens (including phenoxy) is 2. The summed E-state index contributed by atoms with van der Waals surface area (Å²) in [6.45, 7) is 7.02. The van der Waals surface area contributed by atoms with Gasteiger partial charge in [0.1, 0.15) is 18.0 Å². The van der Waals surface area contributed by atoms with Crippen molar-refractivity contribution in [1.29, 1.82) is 0 Å². The van der Waals surface area contributed by atoms with Crippen molar-refractivity contribution < 1.29 is 9.47 Å². The summed E-state index contributed by atoms with van der Waals surface area (Å²) in [6, 6.07) is 8.11. The maximum absolute atomic E-state index is 6.00. The standard InChI is InChI=1S/C20H29N5O2.HI/c1-15-6-5-7-18(10-15)27-16(2)11-22-20(21-3)25-8-9-26-19(14-25)17-12-23-24(4)13-17;/h5-7,10,12-13,16,19H,8-9,11,14H2,1-4H3,(H,21,22);1H. The molecule has 0 saturated carbocycles. The van der Waals surface area contributed by atoms with E-state index in [1.165, 1.54) is 5.56 Å². The van der Waals surface area contributed by atoms with Crippen LogP contribution in [0.1, 0.15) is 24.2 Å². The fraction of sp³-hybridized carbons (Fsp3) is 0.500. The van der Waals surface area contributed by atoms with Crippen molar-refractivity contribution in [3.63, 3.8) is 0 Å². The lowest BCUT2D eigenvalue weighted by atomic mass is 10.1. The number of benzene rings is 1. The van der Waals surface area contributed by atoms with Crippen molar-refractivity contribution in [1.82, 2.24) is 20.0 Å². The lowest BCUT2D eigenvalue weighted by Crippen LogP contribution is -2.49. The Morgan fingerprint density at radius 1 is 1.46 bits per heavy atom. The van der Waals surface area contributed by atoms with Crippen molar-refractivity contribution in [3.8, 4) is 5.75 Å². The number of aromatic nitrogens is 2. The van der Waals surface area contributed by atoms with Gasteiger partial charge in [0.2, 0.25) is 0 Å². The molecule has 8 heteroatoms. The SMILES string of the molecule is CN=C(NCC(C)Oc1cccc(C)c1)N1CCOC(c2cnn(C)c2)C1.I. The zero-order valence-corrected chi connectivity index (χ0v) is 19.3. The fourth-order valence-corrected chi connectivity index (χ4v) is 3.18. The lowest BCUT2D eigenvalue weighted by Gasteiger charge is -2.35. The number of hydrogen-bond donors (Lipinski definition) is 1. The molecule has 3 rings (SSSR count). The number of guanidine groups is 1. The van der Waals surface area contributed by atoms with Gasteiger partial charge in [0.15, 0.2) is 5.96 Å². The average Bonchev–Trinajstić information content (AvgIpc) is 3.09. The zero-order chi connectivity index (χ0) is 19.2. The maximum atomic E-state index is 6.00. The number of rotatable bonds is 5. The highest BCUT2D eigenvalue weighted by Gasteiger charge is 2.25. The zero-order valence-electron chi connectivity index (χ0n) is 17.0. The van der Waals surface area contributed by atoms with Crippen molar-refractivity contribution in [3.05, 3.63) is 47.8 Å². The third-order valence-corrected chi connectivity index (χ3v) is 4.55. The van der Waals surface area contributed by atoms with E-state index < -0.39 is 0 Å². The Morgan fingerprint density at radius 2 is 2.29 bits per heavy atom. The highest BCUT2D eigenvalue weighted by Crippen LogP contribution is 2.21. The van der Waals surface area contributed by atoms with Gasteiger partial charge >= 0.3 is 0 Å². The summed E-state index contributed by atoms with van der Waals surface area (Å²) in [7, 11) is 3.73. The van der Waals surface area contributed by atoms with Crippen LogP contribution in [0, 0.1) is 6.92 Å². The smallest absolute Gasteiger partial charge is 0.193 e. The van der Waals surface area contributed by atoms with Gasteiger partial charge in [0.05, 0.1) is 25.9 Å². The van der Waals surface area contributed by atoms with E-state index in [9.17, 15) is 0 Å². The van der Waals surface area contributed by atoms with E-state index in [2.05, 4.69) is 40.2 Å². The van der Waals surface area contributed by atoms with E-state index in [1.54, 1.807) is 4.68 Å². The van der Waals surface area contributed by atoms with Crippen molar-refractivity contribution >= 4 is 29.9 Å². The summed E-state index contributed by atoms with van der Waals surface area (Å²) in [5.74, 6) is 1.76. The largest absolute Gasteiger partial charge is 0.489 e. The van der Waals surface area contributed by atoms with Crippen LogP contribution in [0.15, 0.2) is 41.7 Å². The van der Waals surface area contributed by atoms with Crippen LogP contribution in [0.2, 0.25) is 0 Å². The highest BCUT2D eigenvalue weighted by atomic mass is 127. The van der Waals surface area contributed by atoms with Crippen molar-refractivity contribution in [2.24, 2.45) is 12.0 Å². The van der Waals surface area contributed by atoms with E-state index in [-0.39, 0.29) is 36.2 Å². The number of aliphatic imine (C=N–C) groups is 1. The van der Waals surface area contributed by atoms with Gasteiger partial charge in [0.25, 0.3) is 0 Å². The molecule has 1 aliphatic rings. The second-order valence-corrected chi connectivity index (χ2v) is 6.93. The minimum atomic E-state index is 0. The number of aryl methyl sites for hydroxylation is 2. The van der Waals surface area contributed by atoms with Crippen molar-refractivity contribution in [2.45, 2.75) is 26.1 Å². The topological polar surface area (TPSA) is 63.9 Å². The Balaban J connectivity index is 0.00000280. The monoisotopic (exact) mass is 499 g/mol. The Labute approximate surface area is 184 Å². The fourth-order valence-electron chi connectivity index (χ4n) is 3.18. The number of halogens is 1. The molecule has 1 aromatic carbocycles. The molecule has 1 aromatic heterocycles. The lowest BCUT2D eigenvalue weighted by molar-refractivity contribution is -0.00814. The molecule has 2 aromatic rings. The van der Waals surface area contributed by atoms with E-state index in [0.29, 0.717) is 13.2 Å². The predicted molar refractivity (Wildman–Crippen MR) is 122 cm³/mol. The summed E-state index contributed by atoms with van der Waals surface area (Å²) in [4.78, 5) is 6.66. The van der Waals surface area contributed by atoms with Gasteiger partial charge in [-0.25, -0.2) is 0 Å². The third kappa shape index (κ3) is 6.10. The number of nitrogens with one attached hydrogen (secondary N) is 1. The van der Waals surface area contributed by atoms with Crippen LogP contribution in [0.25, 0.3) is 0 Å². The molecule has 28 heavy (non-hydrogen) atoms. The number of morpholine rings is 1. The van der Waals surface area contributed by atoms with Crippen LogP contribution < -0.4 is 10.1 Å². The van der Waals surface area contributed by atoms with Gasteiger partial charge in [-0.2, -0.15) is 5.10 Å². The van der Waals surface area contributed by atoms with E-state index in [4.69, 9.17) is 9.47 Å². The first kappa shape index (κ1) is 22.5. The van der Waals surface area contributed by atoms with Crippen LogP contribution in [-0.2, 0) is 11.8 Å². The molecule has 7 nitrogen and oxygen atoms in total. The van der Waals surface area contributed by atoms with Crippen molar-refractivity contribution in [2.75, 3.05) is 33.3 Å². The highest BCUT2D eigenvalue weighted by molar-refractivity contribution is 14.0. The molecule has 1 saturated heterocycles. The Hall–Kier alpha value is -1.81. The van der Waals surface area contributed by atoms with Crippen LogP contribution in [0.4, 0.5) is 0 Å². The minimum Gasteiger partial charge on any atom is -0.489 e. The van der Waals surface area contributed by atoms with Crippen LogP contribution in [0.5, 0.6) is 5.75 Å². The van der Waals surface area contributed by atoms with Gasteiger partial charge in [-0.15, -0.1) is 24.0 Å². The Morgan fingerprint density at radius 3 is 2.96 bits per heavy atom. The maximum Gasteiger partial charge on any atom is 0.193 e. The van der Waals surface area contributed by atoms with E-state index >= 15 is 0 Å².